The summed E-state index contributed by atoms with van der Waals surface area (Å²) in [7, 11) is 2.02. The van der Waals surface area contributed by atoms with Crippen molar-refractivity contribution in [3.8, 4) is 5.75 Å². The molecule has 1 N–H and O–H groups in total. The van der Waals surface area contributed by atoms with Gasteiger partial charge in [-0.15, -0.1) is 0 Å². The first kappa shape index (κ1) is 36.1. The Labute approximate surface area is 277 Å². The first-order valence-electron chi connectivity index (χ1n) is 15.9. The maximum Gasteiger partial charge on any atom is 0.351 e. The third kappa shape index (κ3) is 12.1. The fourth-order valence-electron chi connectivity index (χ4n) is 4.42. The Morgan fingerprint density at radius 2 is 1.91 bits per heavy atom. The predicted molar refractivity (Wildman–Crippen MR) is 182 cm³/mol. The highest BCUT2D eigenvalue weighted by molar-refractivity contribution is 8.77. The predicted octanol–water partition coefficient (Wildman–Crippen LogP) is 7.22. The SMILES string of the molecule is [2H]C[C@H]1O[C@@H](n2ccc(NC(=O)COc3ccccc3)nc2=O)C(F)[C@H]1OP(OCCCCSSC(C)(C)C)N(C(C)C)C(C)C. The molecule has 252 valence electrons. The Hall–Kier alpha value is -1.73. The number of hydrogen-bond acceptors (Lipinski definition) is 10. The van der Waals surface area contributed by atoms with E-state index in [1.165, 1.54) is 12.3 Å². The third-order valence-electron chi connectivity index (χ3n) is 6.34. The third-order valence-corrected chi connectivity index (χ3v) is 11.9. The van der Waals surface area contributed by atoms with E-state index in [-0.39, 0.29) is 36.2 Å². The van der Waals surface area contributed by atoms with E-state index in [0.717, 1.165) is 23.2 Å². The van der Waals surface area contributed by atoms with E-state index in [1.54, 1.807) is 24.3 Å². The molecule has 1 amide bonds. The Kier molecular flexibility index (Phi) is 14.4. The van der Waals surface area contributed by atoms with Crippen molar-refractivity contribution < 1.29 is 29.1 Å². The number of ether oxygens (including phenoxy) is 2. The highest BCUT2D eigenvalue weighted by Gasteiger charge is 2.48. The van der Waals surface area contributed by atoms with Crippen LogP contribution in [0, 0.1) is 0 Å². The number of unbranched alkanes of at least 4 members (excludes halogenated alkanes) is 1. The quantitative estimate of drug-likeness (QED) is 0.104. The van der Waals surface area contributed by atoms with Gasteiger partial charge in [0.1, 0.15) is 17.7 Å². The summed E-state index contributed by atoms with van der Waals surface area (Å²) < 4.78 is 51.4. The molecule has 1 aromatic carbocycles. The van der Waals surface area contributed by atoms with Crippen LogP contribution in [0.4, 0.5) is 10.2 Å². The Morgan fingerprint density at radius 1 is 1.20 bits per heavy atom. The van der Waals surface area contributed by atoms with Gasteiger partial charge in [-0.05, 0) is 65.6 Å². The molecule has 2 unspecified atom stereocenters. The average molecular weight is 688 g/mol. The molecule has 1 aromatic heterocycles. The van der Waals surface area contributed by atoms with Crippen molar-refractivity contribution in [3.63, 3.8) is 0 Å². The molecule has 3 rings (SSSR count). The smallest absolute Gasteiger partial charge is 0.351 e. The van der Waals surface area contributed by atoms with Crippen LogP contribution in [0.15, 0.2) is 47.4 Å². The molecular weight excluding hydrogens is 638 g/mol. The van der Waals surface area contributed by atoms with Crippen molar-refractivity contribution in [2.24, 2.45) is 0 Å². The van der Waals surface area contributed by atoms with Gasteiger partial charge in [-0.25, -0.2) is 13.9 Å². The number of alkyl halides is 1. The first-order chi connectivity index (χ1) is 21.8. The molecule has 0 saturated carbocycles. The summed E-state index contributed by atoms with van der Waals surface area (Å²) >= 11 is 0. The van der Waals surface area contributed by atoms with Crippen molar-refractivity contribution in [3.05, 3.63) is 53.1 Å². The monoisotopic (exact) mass is 687 g/mol. The van der Waals surface area contributed by atoms with Gasteiger partial charge in [0.25, 0.3) is 14.4 Å². The van der Waals surface area contributed by atoms with Gasteiger partial charge in [0.2, 0.25) is 0 Å². The number of carbonyl (C=O) groups is 1. The molecular formula is C31H48FN4O6PS2. The molecule has 0 spiro atoms. The largest absolute Gasteiger partial charge is 0.484 e. The van der Waals surface area contributed by atoms with Gasteiger partial charge >= 0.3 is 5.69 Å². The zero-order valence-electron chi connectivity index (χ0n) is 28.2. The lowest BCUT2D eigenvalue weighted by Crippen LogP contribution is -2.38. The van der Waals surface area contributed by atoms with Crippen LogP contribution in [0.3, 0.4) is 0 Å². The molecule has 1 saturated heterocycles. The molecule has 10 nitrogen and oxygen atoms in total. The number of halogens is 1. The maximum absolute atomic E-state index is 16.1. The summed E-state index contributed by atoms with van der Waals surface area (Å²) in [4.78, 5) is 29.2. The minimum atomic E-state index is -1.77. The summed E-state index contributed by atoms with van der Waals surface area (Å²) in [6.45, 7) is 14.6. The lowest BCUT2D eigenvalue weighted by molar-refractivity contribution is -0.118. The van der Waals surface area contributed by atoms with Crippen LogP contribution in [0.5, 0.6) is 5.75 Å². The van der Waals surface area contributed by atoms with Crippen molar-refractivity contribution in [2.45, 2.75) is 110 Å². The van der Waals surface area contributed by atoms with Crippen molar-refractivity contribution in [1.82, 2.24) is 14.2 Å². The summed E-state index contributed by atoms with van der Waals surface area (Å²) in [5.74, 6) is 1.02. The maximum atomic E-state index is 16.1. The minimum absolute atomic E-state index is 0.00186. The van der Waals surface area contributed by atoms with E-state index in [9.17, 15) is 9.59 Å². The number of rotatable bonds is 17. The number of anilines is 1. The zero-order chi connectivity index (χ0) is 33.9. The van der Waals surface area contributed by atoms with E-state index in [1.807, 2.05) is 55.3 Å². The molecule has 2 heterocycles. The number of amides is 1. The number of nitrogens with zero attached hydrogens (tertiary/aromatic N) is 3. The number of benzene rings is 1. The Morgan fingerprint density at radius 3 is 2.53 bits per heavy atom. The van der Waals surface area contributed by atoms with Crippen molar-refractivity contribution >= 4 is 41.8 Å². The summed E-state index contributed by atoms with van der Waals surface area (Å²) in [5.41, 5.74) is -0.814. The number of para-hydroxylation sites is 1. The second-order valence-corrected chi connectivity index (χ2v) is 16.7. The molecule has 14 heteroatoms. The Bertz CT molecular complexity index is 1270. The zero-order valence-corrected chi connectivity index (χ0v) is 29.7. The van der Waals surface area contributed by atoms with Gasteiger partial charge in [0.15, 0.2) is 19.0 Å². The van der Waals surface area contributed by atoms with E-state index < -0.39 is 44.7 Å². The Balaban J connectivity index is 1.65. The van der Waals surface area contributed by atoms with Crippen LogP contribution in [-0.4, -0.2) is 74.3 Å². The van der Waals surface area contributed by atoms with Gasteiger partial charge in [0.05, 0.1) is 12.7 Å². The van der Waals surface area contributed by atoms with Gasteiger partial charge in [-0.2, -0.15) is 4.98 Å². The van der Waals surface area contributed by atoms with E-state index in [0.29, 0.717) is 12.4 Å². The van der Waals surface area contributed by atoms with Gasteiger partial charge in [-0.1, -0.05) is 60.6 Å². The normalized spacial score (nSPS) is 21.4. The lowest BCUT2D eigenvalue weighted by Gasteiger charge is -2.37. The van der Waals surface area contributed by atoms with Crippen LogP contribution in [0.25, 0.3) is 0 Å². The summed E-state index contributed by atoms with van der Waals surface area (Å²) in [6.07, 6.45) is -2.06. The number of hydrogen-bond donors (Lipinski definition) is 1. The van der Waals surface area contributed by atoms with Gasteiger partial charge in [0, 0.05) is 30.2 Å². The highest BCUT2D eigenvalue weighted by Crippen LogP contribution is 2.50. The van der Waals surface area contributed by atoms with Crippen LogP contribution >= 0.6 is 30.1 Å². The standard InChI is InChI=1S/C31H48FN4O6PS2/c1-21(2)36(22(3)4)43(40-18-12-13-19-44-45-31(6,7)8)42-28-23(5)41-29(27(28)32)35-17-16-25(34-30(35)38)33-26(37)20-39-24-14-10-9-11-15-24/h9-11,14-17,21-23,27-29H,12-13,18-20H2,1-8H3,(H,33,34,37,38)/t23-,27?,28+,29-,43?/m1/s1/i5D. The van der Waals surface area contributed by atoms with Crippen molar-refractivity contribution in [1.29, 1.82) is 0 Å². The fraction of sp³-hybridized carbons (Fsp3) is 0.645. The molecule has 0 radical (unpaired) electrons. The average Bonchev–Trinajstić information content (AvgIpc) is 3.29. The minimum Gasteiger partial charge on any atom is -0.484 e. The molecule has 5 atom stereocenters. The fourth-order valence-corrected chi connectivity index (χ4v) is 8.64. The summed E-state index contributed by atoms with van der Waals surface area (Å²) in [5, 5.41) is 2.51. The molecule has 1 aliphatic heterocycles. The highest BCUT2D eigenvalue weighted by atomic mass is 33.1. The lowest BCUT2D eigenvalue weighted by atomic mass is 10.2. The molecule has 2 aromatic rings. The van der Waals surface area contributed by atoms with Crippen LogP contribution < -0.4 is 15.7 Å². The summed E-state index contributed by atoms with van der Waals surface area (Å²) in [6, 6.07) is 10.3. The molecule has 0 bridgehead atoms. The van der Waals surface area contributed by atoms with E-state index in [2.05, 4.69) is 35.7 Å². The number of carbonyl (C=O) groups excluding carboxylic acids is 1. The molecule has 45 heavy (non-hydrogen) atoms. The number of nitrogens with one attached hydrogen (secondary N) is 1. The molecule has 1 fully saturated rings. The molecule has 0 aliphatic carbocycles. The van der Waals surface area contributed by atoms with E-state index in [4.69, 9.17) is 19.9 Å². The van der Waals surface area contributed by atoms with Gasteiger partial charge in [-0.3, -0.25) is 9.36 Å². The number of aromatic nitrogens is 2. The van der Waals surface area contributed by atoms with Gasteiger partial charge < -0.3 is 23.8 Å². The van der Waals surface area contributed by atoms with Crippen LogP contribution in [0.2, 0.25) is 0 Å². The van der Waals surface area contributed by atoms with E-state index >= 15 is 4.39 Å². The second-order valence-electron chi connectivity index (χ2n) is 12.1. The van der Waals surface area contributed by atoms with Crippen LogP contribution in [0.1, 0.15) is 75.8 Å². The second kappa shape index (κ2) is 18.0. The first-order valence-corrected chi connectivity index (χ1v) is 18.6. The topological polar surface area (TPSA) is 104 Å². The van der Waals surface area contributed by atoms with Crippen LogP contribution in [-0.2, 0) is 18.6 Å². The molecule has 1 aliphatic rings. The van der Waals surface area contributed by atoms with Crippen molar-refractivity contribution in [2.75, 3.05) is 24.3 Å².